The Morgan fingerprint density at radius 1 is 1.00 bits per heavy atom. The fourth-order valence-corrected chi connectivity index (χ4v) is 1.77. The van der Waals surface area contributed by atoms with Crippen molar-refractivity contribution in [2.45, 2.75) is 25.7 Å². The van der Waals surface area contributed by atoms with Gasteiger partial charge in [-0.3, -0.25) is 0 Å². The van der Waals surface area contributed by atoms with E-state index in [4.69, 9.17) is 0 Å². The van der Waals surface area contributed by atoms with E-state index in [-0.39, 0.29) is 0 Å². The molecule has 0 bridgehead atoms. The van der Waals surface area contributed by atoms with Gasteiger partial charge in [0.25, 0.3) is 0 Å². The monoisotopic (exact) mass is 218 g/mol. The van der Waals surface area contributed by atoms with Crippen molar-refractivity contribution >= 4 is 11.8 Å². The largest absolute Gasteiger partial charge is 0.315 e. The molecule has 0 aromatic carbocycles. The van der Waals surface area contributed by atoms with Gasteiger partial charge in [0.2, 0.25) is 0 Å². The molecule has 0 amide bonds. The maximum absolute atomic E-state index is 3.46. The summed E-state index contributed by atoms with van der Waals surface area (Å²) in [7, 11) is 4.23. The van der Waals surface area contributed by atoms with Gasteiger partial charge in [-0.25, -0.2) is 0 Å². The number of nitrogens with zero attached hydrogens (tertiary/aromatic N) is 1. The first kappa shape index (κ1) is 14.3. The molecule has 0 aliphatic rings. The topological polar surface area (TPSA) is 15.3 Å². The SMILES string of the molecule is CSCCCCCCNCCN(C)C. The zero-order valence-corrected chi connectivity index (χ0v) is 10.8. The molecule has 0 aromatic rings. The summed E-state index contributed by atoms with van der Waals surface area (Å²) < 4.78 is 0. The summed E-state index contributed by atoms with van der Waals surface area (Å²) in [4.78, 5) is 2.21. The first-order valence-electron chi connectivity index (χ1n) is 5.61. The molecule has 0 heterocycles. The third kappa shape index (κ3) is 12.3. The predicted octanol–water partition coefficient (Wildman–Crippen LogP) is 2.06. The van der Waals surface area contributed by atoms with Crippen molar-refractivity contribution in [3.8, 4) is 0 Å². The molecule has 0 spiro atoms. The first-order chi connectivity index (χ1) is 6.77. The second-order valence-electron chi connectivity index (χ2n) is 3.96. The number of rotatable bonds is 10. The van der Waals surface area contributed by atoms with Crippen molar-refractivity contribution in [3.63, 3.8) is 0 Å². The maximum Gasteiger partial charge on any atom is 0.0101 e. The Balaban J connectivity index is 2.85. The van der Waals surface area contributed by atoms with E-state index < -0.39 is 0 Å². The maximum atomic E-state index is 3.46. The fourth-order valence-electron chi connectivity index (χ4n) is 1.28. The lowest BCUT2D eigenvalue weighted by Crippen LogP contribution is -2.27. The van der Waals surface area contributed by atoms with E-state index in [9.17, 15) is 0 Å². The van der Waals surface area contributed by atoms with Gasteiger partial charge < -0.3 is 10.2 Å². The Hall–Kier alpha value is 0.270. The molecule has 3 heteroatoms. The van der Waals surface area contributed by atoms with Gasteiger partial charge in [-0.05, 0) is 45.5 Å². The smallest absolute Gasteiger partial charge is 0.0101 e. The minimum Gasteiger partial charge on any atom is -0.315 e. The summed E-state index contributed by atoms with van der Waals surface area (Å²) in [6.07, 6.45) is 7.69. The van der Waals surface area contributed by atoms with Crippen molar-refractivity contribution in [1.29, 1.82) is 0 Å². The van der Waals surface area contributed by atoms with Crippen molar-refractivity contribution in [2.75, 3.05) is 45.7 Å². The molecule has 0 saturated heterocycles. The summed E-state index contributed by atoms with van der Waals surface area (Å²) in [5.74, 6) is 1.33. The minimum atomic E-state index is 1.12. The van der Waals surface area contributed by atoms with E-state index in [0.29, 0.717) is 0 Å². The molecular formula is C11H26N2S. The van der Waals surface area contributed by atoms with E-state index in [2.05, 4.69) is 30.6 Å². The summed E-state index contributed by atoms with van der Waals surface area (Å²) in [5.41, 5.74) is 0. The number of hydrogen-bond donors (Lipinski definition) is 1. The van der Waals surface area contributed by atoms with Crippen LogP contribution < -0.4 is 5.32 Å². The van der Waals surface area contributed by atoms with E-state index >= 15 is 0 Å². The molecule has 0 radical (unpaired) electrons. The Kier molecular flexibility index (Phi) is 11.6. The standard InChI is InChI=1S/C11H26N2S/c1-13(2)10-9-12-8-6-4-5-7-11-14-3/h12H,4-11H2,1-3H3. The molecule has 86 valence electrons. The Morgan fingerprint density at radius 3 is 2.36 bits per heavy atom. The zero-order valence-electron chi connectivity index (χ0n) is 10.0. The van der Waals surface area contributed by atoms with Gasteiger partial charge in [0.05, 0.1) is 0 Å². The quantitative estimate of drug-likeness (QED) is 0.565. The third-order valence-corrected chi connectivity index (χ3v) is 2.88. The lowest BCUT2D eigenvalue weighted by atomic mass is 10.2. The molecule has 0 rings (SSSR count). The molecular weight excluding hydrogens is 192 g/mol. The van der Waals surface area contributed by atoms with Gasteiger partial charge >= 0.3 is 0 Å². The van der Waals surface area contributed by atoms with Crippen LogP contribution in [0.15, 0.2) is 0 Å². The van der Waals surface area contributed by atoms with Crippen LogP contribution >= 0.6 is 11.8 Å². The van der Waals surface area contributed by atoms with Crippen LogP contribution in [-0.4, -0.2) is 50.6 Å². The molecule has 0 saturated carbocycles. The Morgan fingerprint density at radius 2 is 1.71 bits per heavy atom. The Bertz CT molecular complexity index is 107. The summed E-state index contributed by atoms with van der Waals surface area (Å²) in [5, 5.41) is 3.46. The van der Waals surface area contributed by atoms with Crippen LogP contribution in [0.3, 0.4) is 0 Å². The average molecular weight is 218 g/mol. The molecule has 14 heavy (non-hydrogen) atoms. The summed E-state index contributed by atoms with van der Waals surface area (Å²) in [6.45, 7) is 3.46. The first-order valence-corrected chi connectivity index (χ1v) is 7.01. The molecule has 0 aliphatic carbocycles. The fraction of sp³-hybridized carbons (Fsp3) is 1.00. The van der Waals surface area contributed by atoms with Crippen molar-refractivity contribution in [2.24, 2.45) is 0 Å². The number of hydrogen-bond acceptors (Lipinski definition) is 3. The van der Waals surface area contributed by atoms with E-state index in [0.717, 1.165) is 13.1 Å². The molecule has 0 aromatic heterocycles. The van der Waals surface area contributed by atoms with E-state index in [1.165, 1.54) is 38.0 Å². The Labute approximate surface area is 93.8 Å². The van der Waals surface area contributed by atoms with Crippen LogP contribution in [0.2, 0.25) is 0 Å². The van der Waals surface area contributed by atoms with Crippen LogP contribution in [0.4, 0.5) is 0 Å². The van der Waals surface area contributed by atoms with Gasteiger partial charge in [-0.2, -0.15) is 11.8 Å². The van der Waals surface area contributed by atoms with Gasteiger partial charge in [0.15, 0.2) is 0 Å². The lowest BCUT2D eigenvalue weighted by molar-refractivity contribution is 0.399. The van der Waals surface area contributed by atoms with Crippen molar-refractivity contribution in [1.82, 2.24) is 10.2 Å². The lowest BCUT2D eigenvalue weighted by Gasteiger charge is -2.09. The van der Waals surface area contributed by atoms with Crippen LogP contribution in [0, 0.1) is 0 Å². The van der Waals surface area contributed by atoms with E-state index in [1.54, 1.807) is 0 Å². The minimum absolute atomic E-state index is 1.12. The zero-order chi connectivity index (χ0) is 10.6. The van der Waals surface area contributed by atoms with Gasteiger partial charge in [0, 0.05) is 13.1 Å². The second-order valence-corrected chi connectivity index (χ2v) is 4.95. The number of nitrogens with one attached hydrogen (secondary N) is 1. The number of unbranched alkanes of at least 4 members (excludes halogenated alkanes) is 3. The van der Waals surface area contributed by atoms with E-state index in [1.807, 2.05) is 11.8 Å². The normalized spacial score (nSPS) is 11.1. The van der Waals surface area contributed by atoms with Gasteiger partial charge in [0.1, 0.15) is 0 Å². The highest BCUT2D eigenvalue weighted by molar-refractivity contribution is 7.98. The van der Waals surface area contributed by atoms with Gasteiger partial charge in [-0.1, -0.05) is 12.8 Å². The highest BCUT2D eigenvalue weighted by atomic mass is 32.2. The molecule has 2 nitrogen and oxygen atoms in total. The molecule has 0 aliphatic heterocycles. The molecule has 0 atom stereocenters. The molecule has 0 unspecified atom stereocenters. The molecule has 0 fully saturated rings. The van der Waals surface area contributed by atoms with Gasteiger partial charge in [-0.15, -0.1) is 0 Å². The second kappa shape index (κ2) is 11.3. The third-order valence-electron chi connectivity index (χ3n) is 2.19. The van der Waals surface area contributed by atoms with Crippen LogP contribution in [-0.2, 0) is 0 Å². The number of likely N-dealkylation sites (N-methyl/N-ethyl adjacent to an activating group) is 1. The van der Waals surface area contributed by atoms with Crippen LogP contribution in [0.25, 0.3) is 0 Å². The summed E-state index contributed by atoms with van der Waals surface area (Å²) >= 11 is 1.96. The predicted molar refractivity (Wildman–Crippen MR) is 68.3 cm³/mol. The highest BCUT2D eigenvalue weighted by Crippen LogP contribution is 2.03. The average Bonchev–Trinajstić information content (AvgIpc) is 2.15. The highest BCUT2D eigenvalue weighted by Gasteiger charge is 1.91. The number of thioether (sulfide) groups is 1. The summed E-state index contributed by atoms with van der Waals surface area (Å²) in [6, 6.07) is 0. The van der Waals surface area contributed by atoms with Crippen LogP contribution in [0.5, 0.6) is 0 Å². The molecule has 1 N–H and O–H groups in total. The van der Waals surface area contributed by atoms with Crippen molar-refractivity contribution < 1.29 is 0 Å². The van der Waals surface area contributed by atoms with Crippen molar-refractivity contribution in [3.05, 3.63) is 0 Å². The van der Waals surface area contributed by atoms with Crippen LogP contribution in [0.1, 0.15) is 25.7 Å².